The van der Waals surface area contributed by atoms with E-state index in [-0.39, 0.29) is 12.8 Å². The maximum absolute atomic E-state index is 12.8. The summed E-state index contributed by atoms with van der Waals surface area (Å²) < 4.78 is 29.2. The minimum Gasteiger partial charge on any atom is -0.462 e. The second-order valence-electron chi connectivity index (χ2n) is 11.3. The number of allylic oxidation sites excluding steroid dienone is 1. The second kappa shape index (κ2) is 9.38. The van der Waals surface area contributed by atoms with Gasteiger partial charge in [0.15, 0.2) is 17.3 Å². The van der Waals surface area contributed by atoms with Crippen LogP contribution in [-0.4, -0.2) is 70.7 Å². The van der Waals surface area contributed by atoms with E-state index in [1.807, 2.05) is 20.8 Å². The van der Waals surface area contributed by atoms with E-state index in [1.54, 1.807) is 19.9 Å². The monoisotopic (exact) mass is 522 g/mol. The summed E-state index contributed by atoms with van der Waals surface area (Å²) >= 11 is 0. The molecule has 10 nitrogen and oxygen atoms in total. The Bertz CT molecular complexity index is 1020. The van der Waals surface area contributed by atoms with Gasteiger partial charge in [0.1, 0.15) is 18.3 Å². The summed E-state index contributed by atoms with van der Waals surface area (Å²) in [6.45, 7) is 11.4. The SMILES string of the molecule is CCC(=O)O[C@H]1C[C@H](OC(C)=O)[C@@]2(C)[C@H]([C@H]1C)[C@@H](O)[C@@]13O[C@@]1(C)C(=O)O[C@H]3/C=C(/C)CC[C@H]2OC(C)=O. The van der Waals surface area contributed by atoms with Gasteiger partial charge in [-0.3, -0.25) is 14.4 Å². The van der Waals surface area contributed by atoms with Gasteiger partial charge < -0.3 is 28.8 Å². The summed E-state index contributed by atoms with van der Waals surface area (Å²) in [6.07, 6.45) is -1.43. The molecule has 1 N–H and O–H groups in total. The van der Waals surface area contributed by atoms with Gasteiger partial charge >= 0.3 is 23.9 Å². The van der Waals surface area contributed by atoms with Crippen molar-refractivity contribution in [2.24, 2.45) is 17.3 Å². The first-order valence-corrected chi connectivity index (χ1v) is 13.0. The van der Waals surface area contributed by atoms with E-state index < -0.39 is 82.8 Å². The number of esters is 4. The molecule has 0 aromatic carbocycles. The number of hydrogen-bond acceptors (Lipinski definition) is 10. The summed E-state index contributed by atoms with van der Waals surface area (Å²) in [7, 11) is 0. The fraction of sp³-hybridized carbons (Fsp3) is 0.778. The number of aliphatic hydroxyl groups excluding tert-OH is 1. The lowest BCUT2D eigenvalue weighted by molar-refractivity contribution is -0.230. The largest absolute Gasteiger partial charge is 0.462 e. The van der Waals surface area contributed by atoms with Crippen LogP contribution in [0.25, 0.3) is 0 Å². The lowest BCUT2D eigenvalue weighted by atomic mass is 9.53. The molecule has 10 heteroatoms. The predicted molar refractivity (Wildman–Crippen MR) is 128 cm³/mol. The van der Waals surface area contributed by atoms with Crippen molar-refractivity contribution in [2.45, 2.75) is 116 Å². The Hall–Kier alpha value is -2.46. The van der Waals surface area contributed by atoms with Gasteiger partial charge in [-0.25, -0.2) is 4.79 Å². The first-order chi connectivity index (χ1) is 17.2. The number of aliphatic hydroxyl groups is 1. The number of epoxide rings is 1. The van der Waals surface area contributed by atoms with Gasteiger partial charge in [0.2, 0.25) is 0 Å². The van der Waals surface area contributed by atoms with Gasteiger partial charge in [0.05, 0.1) is 6.10 Å². The summed E-state index contributed by atoms with van der Waals surface area (Å²) in [5.74, 6) is -3.28. The van der Waals surface area contributed by atoms with Crippen molar-refractivity contribution in [1.29, 1.82) is 0 Å². The Morgan fingerprint density at radius 1 is 1.11 bits per heavy atom. The van der Waals surface area contributed by atoms with Crippen LogP contribution in [0, 0.1) is 17.3 Å². The highest BCUT2D eigenvalue weighted by Gasteiger charge is 2.86. The summed E-state index contributed by atoms with van der Waals surface area (Å²) in [4.78, 5) is 49.7. The minimum atomic E-state index is -1.39. The highest BCUT2D eigenvalue weighted by atomic mass is 16.7. The highest BCUT2D eigenvalue weighted by molar-refractivity contribution is 5.88. The molecule has 10 atom stereocenters. The third-order valence-electron chi connectivity index (χ3n) is 9.03. The number of hydrogen-bond donors (Lipinski definition) is 1. The van der Waals surface area contributed by atoms with Gasteiger partial charge in [-0.2, -0.15) is 0 Å². The highest BCUT2D eigenvalue weighted by Crippen LogP contribution is 2.65. The van der Waals surface area contributed by atoms with Crippen molar-refractivity contribution in [1.82, 2.24) is 0 Å². The van der Waals surface area contributed by atoms with Crippen molar-refractivity contribution in [3.05, 3.63) is 11.6 Å². The Labute approximate surface area is 217 Å². The molecule has 0 aromatic rings. The Morgan fingerprint density at radius 2 is 1.73 bits per heavy atom. The van der Waals surface area contributed by atoms with Crippen molar-refractivity contribution in [3.63, 3.8) is 0 Å². The van der Waals surface area contributed by atoms with Crippen LogP contribution >= 0.6 is 0 Å². The summed E-state index contributed by atoms with van der Waals surface area (Å²) in [6, 6.07) is 0. The standard InChI is InChI=1S/C27H38O10/c1-8-21(30)35-17-12-19(34-16(5)29)25(6)18(33-15(4)28)10-9-13(2)11-20-27(23(31)22(25)14(17)3)26(7,37-27)24(32)36-20/h11,14,17-20,22-23,31H,8-10,12H2,1-7H3/b13-11-/t14-,17-,18+,19-,20-,22+,23+,25-,26-,27+/m0/s1. The zero-order valence-corrected chi connectivity index (χ0v) is 22.6. The van der Waals surface area contributed by atoms with Crippen LogP contribution in [0.5, 0.6) is 0 Å². The van der Waals surface area contributed by atoms with Crippen molar-refractivity contribution in [3.8, 4) is 0 Å². The van der Waals surface area contributed by atoms with Gasteiger partial charge in [-0.05, 0) is 38.7 Å². The lowest BCUT2D eigenvalue weighted by Gasteiger charge is -2.56. The Kier molecular flexibility index (Phi) is 6.99. The normalized spacial score (nSPS) is 46.1. The van der Waals surface area contributed by atoms with Crippen LogP contribution in [0.2, 0.25) is 0 Å². The van der Waals surface area contributed by atoms with Crippen LogP contribution in [0.3, 0.4) is 0 Å². The molecule has 4 rings (SSSR count). The van der Waals surface area contributed by atoms with Crippen LogP contribution in [0.4, 0.5) is 0 Å². The maximum Gasteiger partial charge on any atom is 0.342 e. The fourth-order valence-corrected chi connectivity index (χ4v) is 7.02. The van der Waals surface area contributed by atoms with Gasteiger partial charge in [-0.1, -0.05) is 26.3 Å². The van der Waals surface area contributed by atoms with E-state index in [9.17, 15) is 24.3 Å². The van der Waals surface area contributed by atoms with Crippen LogP contribution in [0.15, 0.2) is 11.6 Å². The molecular formula is C27H38O10. The third-order valence-corrected chi connectivity index (χ3v) is 9.03. The maximum atomic E-state index is 12.8. The molecule has 4 aliphatic rings. The quantitative estimate of drug-likeness (QED) is 0.253. The molecule has 1 spiro atoms. The molecule has 0 aromatic heterocycles. The topological polar surface area (TPSA) is 138 Å². The number of carbonyl (C=O) groups is 4. The first kappa shape index (κ1) is 27.6. The zero-order valence-electron chi connectivity index (χ0n) is 22.6. The molecule has 1 saturated carbocycles. The molecule has 0 bridgehead atoms. The summed E-state index contributed by atoms with van der Waals surface area (Å²) in [5.41, 5.74) is -2.98. The van der Waals surface area contributed by atoms with E-state index in [0.717, 1.165) is 5.57 Å². The van der Waals surface area contributed by atoms with Gasteiger partial charge in [-0.15, -0.1) is 0 Å². The second-order valence-corrected chi connectivity index (χ2v) is 11.3. The zero-order chi connectivity index (χ0) is 27.5. The Balaban J connectivity index is 1.91. The smallest absolute Gasteiger partial charge is 0.342 e. The van der Waals surface area contributed by atoms with Crippen molar-refractivity contribution in [2.75, 3.05) is 0 Å². The molecule has 2 heterocycles. The number of fused-ring (bicyclic) bond motifs is 1. The molecule has 37 heavy (non-hydrogen) atoms. The van der Waals surface area contributed by atoms with Crippen molar-refractivity contribution >= 4 is 23.9 Å². The first-order valence-electron chi connectivity index (χ1n) is 13.0. The predicted octanol–water partition coefficient (Wildman–Crippen LogP) is 2.39. The Morgan fingerprint density at radius 3 is 2.30 bits per heavy atom. The van der Waals surface area contributed by atoms with E-state index in [4.69, 9.17) is 23.7 Å². The molecule has 2 aliphatic heterocycles. The average Bonchev–Trinajstić information content (AvgIpc) is 3.40. The van der Waals surface area contributed by atoms with Crippen LogP contribution in [-0.2, 0) is 42.9 Å². The molecule has 0 unspecified atom stereocenters. The fourth-order valence-electron chi connectivity index (χ4n) is 7.02. The van der Waals surface area contributed by atoms with Crippen LogP contribution < -0.4 is 0 Å². The van der Waals surface area contributed by atoms with E-state index in [0.29, 0.717) is 12.8 Å². The summed E-state index contributed by atoms with van der Waals surface area (Å²) in [5, 5.41) is 12.2. The molecule has 0 radical (unpaired) electrons. The molecule has 3 fully saturated rings. The lowest BCUT2D eigenvalue weighted by Crippen LogP contribution is -2.65. The third kappa shape index (κ3) is 4.16. The molecule has 206 valence electrons. The average molecular weight is 523 g/mol. The van der Waals surface area contributed by atoms with E-state index >= 15 is 0 Å². The van der Waals surface area contributed by atoms with Crippen molar-refractivity contribution < 1.29 is 48.0 Å². The van der Waals surface area contributed by atoms with Crippen LogP contribution in [0.1, 0.15) is 74.1 Å². The number of rotatable bonds is 4. The molecule has 0 amide bonds. The van der Waals surface area contributed by atoms with E-state index in [1.165, 1.54) is 13.8 Å². The molecular weight excluding hydrogens is 484 g/mol. The minimum absolute atomic E-state index is 0.154. The number of carbonyl (C=O) groups excluding carboxylic acids is 4. The van der Waals surface area contributed by atoms with Gasteiger partial charge in [0, 0.05) is 38.0 Å². The van der Waals surface area contributed by atoms with E-state index in [2.05, 4.69) is 0 Å². The van der Waals surface area contributed by atoms with Gasteiger partial charge in [0.25, 0.3) is 0 Å². The molecule has 2 aliphatic carbocycles. The molecule has 2 saturated heterocycles. The number of ether oxygens (including phenoxy) is 5.